The highest BCUT2D eigenvalue weighted by Crippen LogP contribution is 2.40. The summed E-state index contributed by atoms with van der Waals surface area (Å²) in [6.07, 6.45) is 3.53. The van der Waals surface area contributed by atoms with E-state index in [4.69, 9.17) is 0 Å². The summed E-state index contributed by atoms with van der Waals surface area (Å²) in [5.74, 6) is -1.31. The number of amides is 1. The Morgan fingerprint density at radius 1 is 1.31 bits per heavy atom. The van der Waals surface area contributed by atoms with Crippen molar-refractivity contribution in [3.63, 3.8) is 0 Å². The van der Waals surface area contributed by atoms with E-state index in [1.807, 2.05) is 0 Å². The van der Waals surface area contributed by atoms with Gasteiger partial charge in [0, 0.05) is 18.3 Å². The van der Waals surface area contributed by atoms with Gasteiger partial charge in [0.15, 0.2) is 0 Å². The highest BCUT2D eigenvalue weighted by molar-refractivity contribution is 5.95. The molecule has 26 heavy (non-hydrogen) atoms. The topological polar surface area (TPSA) is 112 Å². The number of fused-ring (bicyclic) bond motifs is 2. The van der Waals surface area contributed by atoms with Crippen molar-refractivity contribution in [2.75, 3.05) is 11.9 Å². The standard InChI is InChI=1S/C19H19N3O4/c23-15-5-1-4-12-13(15)8-14(19(25)26)16(12)22-18(24)11-7-10-3-2-6-20-17(10)21-9-11/h1,4-5,7,9,14,16,23H,2-3,6,8H2,(H,20,21)(H,22,24)(H,25,26)/t14-,16+/m0/s1. The van der Waals surface area contributed by atoms with Gasteiger partial charge in [-0.1, -0.05) is 12.1 Å². The van der Waals surface area contributed by atoms with E-state index in [9.17, 15) is 19.8 Å². The molecule has 0 unspecified atom stereocenters. The monoisotopic (exact) mass is 353 g/mol. The summed E-state index contributed by atoms with van der Waals surface area (Å²) in [5, 5.41) is 25.6. The minimum absolute atomic E-state index is 0.0621. The van der Waals surface area contributed by atoms with E-state index >= 15 is 0 Å². The molecule has 2 aromatic rings. The fourth-order valence-corrected chi connectivity index (χ4v) is 3.76. The molecule has 0 bridgehead atoms. The highest BCUT2D eigenvalue weighted by atomic mass is 16.4. The molecule has 0 saturated carbocycles. The van der Waals surface area contributed by atoms with Gasteiger partial charge in [-0.2, -0.15) is 0 Å². The van der Waals surface area contributed by atoms with Gasteiger partial charge < -0.3 is 20.8 Å². The maximum Gasteiger partial charge on any atom is 0.309 e. The third-order valence-electron chi connectivity index (χ3n) is 5.10. The molecule has 7 nitrogen and oxygen atoms in total. The Balaban J connectivity index is 1.62. The van der Waals surface area contributed by atoms with Gasteiger partial charge in [0.05, 0.1) is 17.5 Å². The molecule has 1 aliphatic heterocycles. The number of carboxylic acid groups (broad SMARTS) is 1. The lowest BCUT2D eigenvalue weighted by atomic mass is 10.00. The predicted octanol–water partition coefficient (Wildman–Crippen LogP) is 1.87. The van der Waals surface area contributed by atoms with Crippen LogP contribution in [0.4, 0.5) is 5.82 Å². The summed E-state index contributed by atoms with van der Waals surface area (Å²) in [6.45, 7) is 0.869. The number of aromatic hydroxyl groups is 1. The predicted molar refractivity (Wildman–Crippen MR) is 94.2 cm³/mol. The lowest BCUT2D eigenvalue weighted by molar-refractivity contribution is -0.142. The molecular formula is C19H19N3O4. The van der Waals surface area contributed by atoms with Gasteiger partial charge in [0.25, 0.3) is 5.91 Å². The van der Waals surface area contributed by atoms with Crippen molar-refractivity contribution >= 4 is 17.7 Å². The third-order valence-corrected chi connectivity index (χ3v) is 5.10. The number of rotatable bonds is 3. The molecule has 0 radical (unpaired) electrons. The molecule has 0 spiro atoms. The molecule has 0 fully saturated rings. The van der Waals surface area contributed by atoms with Crippen molar-refractivity contribution in [1.82, 2.24) is 10.3 Å². The molecule has 4 N–H and O–H groups in total. The van der Waals surface area contributed by atoms with E-state index < -0.39 is 17.9 Å². The highest BCUT2D eigenvalue weighted by Gasteiger charge is 2.39. The second kappa shape index (κ2) is 6.33. The van der Waals surface area contributed by atoms with Crippen molar-refractivity contribution < 1.29 is 19.8 Å². The molecule has 2 heterocycles. The van der Waals surface area contributed by atoms with Gasteiger partial charge >= 0.3 is 5.97 Å². The number of nitrogens with one attached hydrogen (secondary N) is 2. The van der Waals surface area contributed by atoms with Crippen LogP contribution in [0.3, 0.4) is 0 Å². The molecule has 2 aliphatic rings. The van der Waals surface area contributed by atoms with Gasteiger partial charge in [-0.15, -0.1) is 0 Å². The van der Waals surface area contributed by atoms with E-state index in [1.54, 1.807) is 18.2 Å². The summed E-state index contributed by atoms with van der Waals surface area (Å²) in [4.78, 5) is 28.7. The molecule has 7 heteroatoms. The number of hydrogen-bond acceptors (Lipinski definition) is 5. The van der Waals surface area contributed by atoms with Crippen LogP contribution in [-0.2, 0) is 17.6 Å². The number of aryl methyl sites for hydroxylation is 1. The minimum atomic E-state index is -1.00. The number of phenols is 1. The van der Waals surface area contributed by atoms with Crippen LogP contribution in [0.2, 0.25) is 0 Å². The van der Waals surface area contributed by atoms with Gasteiger partial charge in [-0.3, -0.25) is 9.59 Å². The van der Waals surface area contributed by atoms with Gasteiger partial charge in [-0.05, 0) is 42.5 Å². The van der Waals surface area contributed by atoms with E-state index in [-0.39, 0.29) is 18.1 Å². The maximum atomic E-state index is 12.7. The summed E-state index contributed by atoms with van der Waals surface area (Å²) in [7, 11) is 0. The molecular weight excluding hydrogens is 334 g/mol. The molecule has 1 aliphatic carbocycles. The second-order valence-electron chi connectivity index (χ2n) is 6.71. The lowest BCUT2D eigenvalue weighted by Crippen LogP contribution is -2.34. The first-order valence-corrected chi connectivity index (χ1v) is 8.62. The number of anilines is 1. The first-order valence-electron chi connectivity index (χ1n) is 8.62. The second-order valence-corrected chi connectivity index (χ2v) is 6.71. The number of carbonyl (C=O) groups excluding carboxylic acids is 1. The van der Waals surface area contributed by atoms with Crippen LogP contribution in [-0.4, -0.2) is 33.6 Å². The number of aromatic nitrogens is 1. The zero-order chi connectivity index (χ0) is 18.3. The Hall–Kier alpha value is -3.09. The van der Waals surface area contributed by atoms with Crippen LogP contribution in [0.25, 0.3) is 0 Å². The molecule has 1 aromatic heterocycles. The van der Waals surface area contributed by atoms with Crippen molar-refractivity contribution in [3.8, 4) is 5.75 Å². The van der Waals surface area contributed by atoms with Crippen LogP contribution in [0.5, 0.6) is 5.75 Å². The molecule has 1 aromatic carbocycles. The van der Waals surface area contributed by atoms with Crippen LogP contribution in [0.1, 0.15) is 39.5 Å². The van der Waals surface area contributed by atoms with Crippen molar-refractivity contribution in [2.45, 2.75) is 25.3 Å². The van der Waals surface area contributed by atoms with Crippen LogP contribution in [0, 0.1) is 5.92 Å². The number of hydrogen-bond donors (Lipinski definition) is 4. The molecule has 1 amide bonds. The van der Waals surface area contributed by atoms with E-state index in [0.717, 1.165) is 30.8 Å². The number of carboxylic acids is 1. The Bertz CT molecular complexity index is 896. The number of phenolic OH excluding ortho intramolecular Hbond substituents is 1. The molecule has 4 rings (SSSR count). The first kappa shape index (κ1) is 16.4. The van der Waals surface area contributed by atoms with Crippen molar-refractivity contribution in [2.24, 2.45) is 5.92 Å². The fourth-order valence-electron chi connectivity index (χ4n) is 3.76. The largest absolute Gasteiger partial charge is 0.508 e. The summed E-state index contributed by atoms with van der Waals surface area (Å²) >= 11 is 0. The summed E-state index contributed by atoms with van der Waals surface area (Å²) in [5.41, 5.74) is 2.63. The number of aliphatic carboxylic acids is 1. The molecule has 2 atom stereocenters. The zero-order valence-corrected chi connectivity index (χ0v) is 14.0. The Morgan fingerprint density at radius 2 is 2.15 bits per heavy atom. The van der Waals surface area contributed by atoms with Crippen molar-refractivity contribution in [3.05, 3.63) is 52.7 Å². The fraction of sp³-hybridized carbons (Fsp3) is 0.316. The Morgan fingerprint density at radius 3 is 2.96 bits per heavy atom. The Kier molecular flexibility index (Phi) is 3.99. The number of pyridine rings is 1. The van der Waals surface area contributed by atoms with E-state index in [0.29, 0.717) is 16.7 Å². The first-order chi connectivity index (χ1) is 12.5. The summed E-state index contributed by atoms with van der Waals surface area (Å²) in [6, 6.07) is 6.05. The number of nitrogens with zero attached hydrogens (tertiary/aromatic N) is 1. The zero-order valence-electron chi connectivity index (χ0n) is 14.0. The van der Waals surface area contributed by atoms with Gasteiger partial charge in [0.1, 0.15) is 11.6 Å². The normalized spacial score (nSPS) is 20.6. The quantitative estimate of drug-likeness (QED) is 0.670. The molecule has 0 saturated heterocycles. The third kappa shape index (κ3) is 2.75. The number of benzene rings is 1. The smallest absolute Gasteiger partial charge is 0.309 e. The Labute approximate surface area is 150 Å². The SMILES string of the molecule is O=C(N[C@@H]1c2cccc(O)c2C[C@@H]1C(=O)O)c1cnc2c(c1)CCCN2. The minimum Gasteiger partial charge on any atom is -0.508 e. The van der Waals surface area contributed by atoms with Gasteiger partial charge in [-0.25, -0.2) is 4.98 Å². The van der Waals surface area contributed by atoms with Crippen LogP contribution < -0.4 is 10.6 Å². The van der Waals surface area contributed by atoms with E-state index in [2.05, 4.69) is 15.6 Å². The van der Waals surface area contributed by atoms with Crippen molar-refractivity contribution in [1.29, 1.82) is 0 Å². The molecule has 134 valence electrons. The summed E-state index contributed by atoms with van der Waals surface area (Å²) < 4.78 is 0. The lowest BCUT2D eigenvalue weighted by Gasteiger charge is -2.20. The average molecular weight is 353 g/mol. The van der Waals surface area contributed by atoms with Crippen LogP contribution >= 0.6 is 0 Å². The average Bonchev–Trinajstić information content (AvgIpc) is 3.01. The van der Waals surface area contributed by atoms with Crippen LogP contribution in [0.15, 0.2) is 30.5 Å². The van der Waals surface area contributed by atoms with E-state index in [1.165, 1.54) is 12.3 Å². The van der Waals surface area contributed by atoms with Gasteiger partial charge in [0.2, 0.25) is 0 Å². The number of carbonyl (C=O) groups is 2. The maximum absolute atomic E-state index is 12.7.